The van der Waals surface area contributed by atoms with Gasteiger partial charge in [0, 0.05) is 0 Å². The lowest BCUT2D eigenvalue weighted by Gasteiger charge is -2.25. The summed E-state index contributed by atoms with van der Waals surface area (Å²) in [6.07, 6.45) is 1.80. The van der Waals surface area contributed by atoms with Gasteiger partial charge in [-0.05, 0) is 81.7 Å². The fourth-order valence-corrected chi connectivity index (χ4v) is 6.28. The van der Waals surface area contributed by atoms with E-state index in [-0.39, 0.29) is 12.2 Å². The van der Waals surface area contributed by atoms with Crippen LogP contribution in [0.25, 0.3) is 6.08 Å². The SMILES string of the molecule is CCOC(=O)C1=C(C)N=c2s/c(=C\c3ccc(OCc4ccccc4)c(OCC)c3)c(=O)n2[C@H]1c1ccc(OCC)c(OCC)c1. The van der Waals surface area contributed by atoms with Gasteiger partial charge in [0.1, 0.15) is 6.61 Å². The summed E-state index contributed by atoms with van der Waals surface area (Å²) in [6, 6.07) is 20.2. The molecule has 0 amide bonds. The van der Waals surface area contributed by atoms with Crippen molar-refractivity contribution in [1.29, 1.82) is 0 Å². The minimum atomic E-state index is -0.778. The number of esters is 1. The van der Waals surface area contributed by atoms with E-state index < -0.39 is 12.0 Å². The van der Waals surface area contributed by atoms with Crippen LogP contribution in [-0.2, 0) is 16.1 Å². The molecule has 4 aromatic rings. The van der Waals surface area contributed by atoms with E-state index >= 15 is 0 Å². The van der Waals surface area contributed by atoms with Crippen molar-refractivity contribution in [2.45, 2.75) is 47.3 Å². The molecule has 1 aliphatic heterocycles. The van der Waals surface area contributed by atoms with E-state index in [9.17, 15) is 9.59 Å². The molecule has 5 rings (SSSR count). The van der Waals surface area contributed by atoms with Crippen LogP contribution in [0.1, 0.15) is 57.4 Å². The number of allylic oxidation sites excluding steroid dienone is 1. The molecule has 1 aromatic heterocycles. The highest BCUT2D eigenvalue weighted by Crippen LogP contribution is 2.36. The molecular formula is C36H38N2O7S. The standard InChI is InChI=1S/C36H38N2O7S/c1-6-41-27-18-16-26(21-30(27)43-8-3)33-32(35(40)44-9-4)23(5)37-36-38(33)34(39)31(46-36)20-25-15-17-28(29(19-25)42-7-2)45-22-24-13-11-10-12-14-24/h10-21,33H,6-9,22H2,1-5H3/b31-20-/t33-/m0/s1. The zero-order valence-electron chi connectivity index (χ0n) is 26.7. The Labute approximate surface area is 272 Å². The van der Waals surface area contributed by atoms with Crippen molar-refractivity contribution in [3.8, 4) is 23.0 Å². The number of carbonyl (C=O) groups is 1. The Morgan fingerprint density at radius 3 is 2.17 bits per heavy atom. The molecular weight excluding hydrogens is 604 g/mol. The van der Waals surface area contributed by atoms with Crippen molar-refractivity contribution in [3.05, 3.63) is 114 Å². The molecule has 0 N–H and O–H groups in total. The van der Waals surface area contributed by atoms with Gasteiger partial charge in [0.15, 0.2) is 27.8 Å². The number of rotatable bonds is 13. The van der Waals surface area contributed by atoms with E-state index in [0.29, 0.717) is 75.6 Å². The summed E-state index contributed by atoms with van der Waals surface area (Å²) in [5, 5.41) is 0. The van der Waals surface area contributed by atoms with Crippen molar-refractivity contribution in [3.63, 3.8) is 0 Å². The second-order valence-corrected chi connectivity index (χ2v) is 11.3. The topological polar surface area (TPSA) is 97.6 Å². The minimum absolute atomic E-state index is 0.188. The zero-order chi connectivity index (χ0) is 32.6. The molecule has 0 fully saturated rings. The summed E-state index contributed by atoms with van der Waals surface area (Å²) in [4.78, 5) is 32.6. The van der Waals surface area contributed by atoms with Crippen LogP contribution in [0.3, 0.4) is 0 Å². The third-order valence-electron chi connectivity index (χ3n) is 7.20. The second kappa shape index (κ2) is 15.0. The number of hydrogen-bond acceptors (Lipinski definition) is 9. The van der Waals surface area contributed by atoms with Gasteiger partial charge in [-0.25, -0.2) is 9.79 Å². The van der Waals surface area contributed by atoms with Gasteiger partial charge in [-0.15, -0.1) is 0 Å². The Bertz CT molecular complexity index is 1910. The van der Waals surface area contributed by atoms with E-state index in [4.69, 9.17) is 23.7 Å². The third kappa shape index (κ3) is 7.02. The van der Waals surface area contributed by atoms with Crippen LogP contribution in [-0.4, -0.2) is 37.0 Å². The maximum absolute atomic E-state index is 14.1. The molecule has 0 radical (unpaired) electrons. The van der Waals surface area contributed by atoms with Crippen LogP contribution < -0.4 is 33.8 Å². The largest absolute Gasteiger partial charge is 0.490 e. The van der Waals surface area contributed by atoms with E-state index in [1.54, 1.807) is 30.6 Å². The summed E-state index contributed by atoms with van der Waals surface area (Å²) in [7, 11) is 0. The molecule has 0 saturated heterocycles. The molecule has 2 heterocycles. The minimum Gasteiger partial charge on any atom is -0.490 e. The highest BCUT2D eigenvalue weighted by Gasteiger charge is 2.34. The first kappa shape index (κ1) is 32.6. The Balaban J connectivity index is 1.59. The quantitative estimate of drug-likeness (QED) is 0.176. The predicted octanol–water partition coefficient (Wildman–Crippen LogP) is 5.57. The molecule has 9 nitrogen and oxygen atoms in total. The molecule has 0 saturated carbocycles. The number of aromatic nitrogens is 1. The molecule has 1 atom stereocenters. The number of fused-ring (bicyclic) bond motifs is 1. The maximum atomic E-state index is 14.1. The number of thiazole rings is 1. The first-order valence-electron chi connectivity index (χ1n) is 15.4. The van der Waals surface area contributed by atoms with Gasteiger partial charge in [-0.1, -0.05) is 53.8 Å². The van der Waals surface area contributed by atoms with Crippen molar-refractivity contribution in [2.24, 2.45) is 4.99 Å². The number of carbonyl (C=O) groups excluding carboxylic acids is 1. The van der Waals surface area contributed by atoms with Gasteiger partial charge in [0.25, 0.3) is 5.56 Å². The summed E-state index contributed by atoms with van der Waals surface area (Å²) >= 11 is 1.26. The van der Waals surface area contributed by atoms with Crippen LogP contribution in [0.15, 0.2) is 87.8 Å². The van der Waals surface area contributed by atoms with Gasteiger partial charge in [-0.3, -0.25) is 9.36 Å². The maximum Gasteiger partial charge on any atom is 0.338 e. The van der Waals surface area contributed by atoms with E-state index in [1.165, 1.54) is 11.3 Å². The smallest absolute Gasteiger partial charge is 0.338 e. The van der Waals surface area contributed by atoms with Crippen LogP contribution in [0.5, 0.6) is 23.0 Å². The summed E-state index contributed by atoms with van der Waals surface area (Å²) in [5.41, 5.74) is 2.99. The summed E-state index contributed by atoms with van der Waals surface area (Å²) in [5.74, 6) is 1.78. The van der Waals surface area contributed by atoms with E-state index in [1.807, 2.05) is 81.4 Å². The van der Waals surface area contributed by atoms with Crippen molar-refractivity contribution in [1.82, 2.24) is 4.57 Å². The number of ether oxygens (including phenoxy) is 5. The molecule has 46 heavy (non-hydrogen) atoms. The van der Waals surface area contributed by atoms with E-state index in [2.05, 4.69) is 4.99 Å². The van der Waals surface area contributed by atoms with Crippen LogP contribution >= 0.6 is 11.3 Å². The van der Waals surface area contributed by atoms with Crippen molar-refractivity contribution >= 4 is 23.4 Å². The molecule has 3 aromatic carbocycles. The van der Waals surface area contributed by atoms with Crippen LogP contribution in [0.2, 0.25) is 0 Å². The normalized spacial score (nSPS) is 14.4. The molecule has 0 unspecified atom stereocenters. The van der Waals surface area contributed by atoms with Crippen LogP contribution in [0, 0.1) is 0 Å². The molecule has 1 aliphatic rings. The van der Waals surface area contributed by atoms with Gasteiger partial charge in [0.2, 0.25) is 0 Å². The second-order valence-electron chi connectivity index (χ2n) is 10.3. The fourth-order valence-electron chi connectivity index (χ4n) is 5.23. The first-order chi connectivity index (χ1) is 22.4. The summed E-state index contributed by atoms with van der Waals surface area (Å²) < 4.78 is 31.1. The third-order valence-corrected chi connectivity index (χ3v) is 8.19. The Morgan fingerprint density at radius 1 is 0.826 bits per heavy atom. The van der Waals surface area contributed by atoms with Crippen LogP contribution in [0.4, 0.5) is 0 Å². The molecule has 10 heteroatoms. The molecule has 0 aliphatic carbocycles. The van der Waals surface area contributed by atoms with Crippen molar-refractivity contribution in [2.75, 3.05) is 26.4 Å². The number of nitrogens with zero attached hydrogens (tertiary/aromatic N) is 2. The Morgan fingerprint density at radius 2 is 1.48 bits per heavy atom. The molecule has 240 valence electrons. The van der Waals surface area contributed by atoms with Gasteiger partial charge in [-0.2, -0.15) is 0 Å². The Hall–Kier alpha value is -4.83. The molecule has 0 spiro atoms. The highest BCUT2D eigenvalue weighted by molar-refractivity contribution is 7.07. The monoisotopic (exact) mass is 642 g/mol. The highest BCUT2D eigenvalue weighted by atomic mass is 32.1. The zero-order valence-corrected chi connectivity index (χ0v) is 27.5. The fraction of sp³-hybridized carbons (Fsp3) is 0.306. The Kier molecular flexibility index (Phi) is 10.6. The van der Waals surface area contributed by atoms with Gasteiger partial charge >= 0.3 is 5.97 Å². The lowest BCUT2D eigenvalue weighted by molar-refractivity contribution is -0.139. The van der Waals surface area contributed by atoms with Gasteiger partial charge in [0.05, 0.1) is 48.3 Å². The average Bonchev–Trinajstić information content (AvgIpc) is 3.35. The average molecular weight is 643 g/mol. The van der Waals surface area contributed by atoms with Gasteiger partial charge < -0.3 is 23.7 Å². The first-order valence-corrected chi connectivity index (χ1v) is 16.2. The lowest BCUT2D eigenvalue weighted by atomic mass is 9.95. The number of hydrogen-bond donors (Lipinski definition) is 0. The lowest BCUT2D eigenvalue weighted by Crippen LogP contribution is -2.40. The van der Waals surface area contributed by atoms with E-state index in [0.717, 1.165) is 11.1 Å². The predicted molar refractivity (Wildman–Crippen MR) is 178 cm³/mol. The van der Waals surface area contributed by atoms with Crippen molar-refractivity contribution < 1.29 is 28.5 Å². The number of benzene rings is 3. The summed E-state index contributed by atoms with van der Waals surface area (Å²) in [6.45, 7) is 11.1. The molecule has 0 bridgehead atoms.